The van der Waals surface area contributed by atoms with Gasteiger partial charge < -0.3 is 10.1 Å². The van der Waals surface area contributed by atoms with Crippen molar-refractivity contribution in [1.82, 2.24) is 14.6 Å². The molecule has 0 radical (unpaired) electrons. The molecule has 1 aliphatic heterocycles. The van der Waals surface area contributed by atoms with E-state index in [0.717, 1.165) is 16.4 Å². The molecule has 0 unspecified atom stereocenters. The van der Waals surface area contributed by atoms with Crippen molar-refractivity contribution in [2.75, 3.05) is 26.7 Å². The molecule has 0 atom stereocenters. The quantitative estimate of drug-likeness (QED) is 0.505. The standard InChI is InChI=1S/C20H20ClF4N3O6S2/c1-34-14-11-15(35(30,31)17-4-2-3-7-26-17)16(10-13(14)21)36(32,33)28-8-5-19(22,6-9-28)12-27-18(29)20(23,24)25/h2-4,7,10-11H,5-6,8-9,12H2,1H3,(H,27,29). The molecule has 1 aromatic heterocycles. The summed E-state index contributed by atoms with van der Waals surface area (Å²) in [5.41, 5.74) is -2.30. The number of hydrogen-bond acceptors (Lipinski definition) is 7. The highest BCUT2D eigenvalue weighted by molar-refractivity contribution is 7.93. The van der Waals surface area contributed by atoms with Crippen LogP contribution in [0.1, 0.15) is 12.8 Å². The molecule has 3 rings (SSSR count). The van der Waals surface area contributed by atoms with Crippen molar-refractivity contribution in [1.29, 1.82) is 0 Å². The molecular weight excluding hydrogens is 554 g/mol. The molecule has 0 saturated carbocycles. The van der Waals surface area contributed by atoms with Gasteiger partial charge in [-0.2, -0.15) is 17.5 Å². The molecule has 1 saturated heterocycles. The Morgan fingerprint density at radius 1 is 1.17 bits per heavy atom. The van der Waals surface area contributed by atoms with Crippen LogP contribution in [0.5, 0.6) is 5.75 Å². The number of hydrogen-bond donors (Lipinski definition) is 1. The lowest BCUT2D eigenvalue weighted by atomic mass is 9.94. The zero-order chi connectivity index (χ0) is 26.9. The van der Waals surface area contributed by atoms with Crippen LogP contribution in [0.3, 0.4) is 0 Å². The molecule has 1 amide bonds. The number of rotatable bonds is 7. The van der Waals surface area contributed by atoms with Gasteiger partial charge in [-0.1, -0.05) is 17.7 Å². The van der Waals surface area contributed by atoms with E-state index in [1.165, 1.54) is 36.8 Å². The van der Waals surface area contributed by atoms with E-state index in [1.807, 2.05) is 0 Å². The molecule has 198 valence electrons. The predicted molar refractivity (Wildman–Crippen MR) is 119 cm³/mol. The number of alkyl halides is 4. The molecule has 1 fully saturated rings. The van der Waals surface area contributed by atoms with Crippen LogP contribution < -0.4 is 10.1 Å². The Morgan fingerprint density at radius 3 is 2.33 bits per heavy atom. The van der Waals surface area contributed by atoms with Crippen molar-refractivity contribution in [3.05, 3.63) is 41.6 Å². The first kappa shape index (κ1) is 28.1. The van der Waals surface area contributed by atoms with Gasteiger partial charge in [0.25, 0.3) is 0 Å². The van der Waals surface area contributed by atoms with E-state index < -0.39 is 84.9 Å². The van der Waals surface area contributed by atoms with Gasteiger partial charge in [-0.3, -0.25) is 4.79 Å². The average Bonchev–Trinajstić information content (AvgIpc) is 2.82. The van der Waals surface area contributed by atoms with E-state index >= 15 is 0 Å². The topological polar surface area (TPSA) is 123 Å². The Kier molecular flexibility index (Phi) is 7.89. The minimum Gasteiger partial charge on any atom is -0.495 e. The number of carbonyl (C=O) groups excluding carboxylic acids is 1. The smallest absolute Gasteiger partial charge is 0.471 e. The van der Waals surface area contributed by atoms with Crippen molar-refractivity contribution < 1.29 is 43.9 Å². The summed E-state index contributed by atoms with van der Waals surface area (Å²) in [6.45, 7) is -1.95. The summed E-state index contributed by atoms with van der Waals surface area (Å²) in [6, 6.07) is 5.86. The molecule has 16 heteroatoms. The van der Waals surface area contributed by atoms with Gasteiger partial charge in [-0.05, 0) is 31.0 Å². The fraction of sp³-hybridized carbons (Fsp3) is 0.400. The van der Waals surface area contributed by atoms with Gasteiger partial charge in [0.1, 0.15) is 16.3 Å². The second-order valence-electron chi connectivity index (χ2n) is 7.84. The number of carbonyl (C=O) groups is 1. The number of ether oxygens (including phenoxy) is 1. The van der Waals surface area contributed by atoms with Gasteiger partial charge >= 0.3 is 12.1 Å². The summed E-state index contributed by atoms with van der Waals surface area (Å²) in [4.78, 5) is 13.4. The van der Waals surface area contributed by atoms with Crippen LogP contribution >= 0.6 is 11.6 Å². The minimum absolute atomic E-state index is 0.119. The molecule has 9 nitrogen and oxygen atoms in total. The maximum Gasteiger partial charge on any atom is 0.471 e. The lowest BCUT2D eigenvalue weighted by molar-refractivity contribution is -0.174. The number of sulfonamides is 1. The number of aromatic nitrogens is 1. The van der Waals surface area contributed by atoms with Crippen molar-refractivity contribution in [2.24, 2.45) is 0 Å². The Balaban J connectivity index is 1.93. The van der Waals surface area contributed by atoms with E-state index in [1.54, 1.807) is 0 Å². The minimum atomic E-state index is -5.19. The van der Waals surface area contributed by atoms with Gasteiger partial charge in [0.2, 0.25) is 19.9 Å². The summed E-state index contributed by atoms with van der Waals surface area (Å²) in [7, 11) is -7.86. The van der Waals surface area contributed by atoms with Gasteiger partial charge in [0.15, 0.2) is 5.03 Å². The molecule has 1 aliphatic rings. The largest absolute Gasteiger partial charge is 0.495 e. The number of halogens is 5. The number of benzene rings is 1. The Hall–Kier alpha value is -2.49. The van der Waals surface area contributed by atoms with Crippen LogP contribution in [0.4, 0.5) is 17.6 Å². The Morgan fingerprint density at radius 2 is 1.81 bits per heavy atom. The van der Waals surface area contributed by atoms with Gasteiger partial charge in [-0.15, -0.1) is 0 Å². The molecule has 1 N–H and O–H groups in total. The Bertz CT molecular complexity index is 1350. The van der Waals surface area contributed by atoms with E-state index in [0.29, 0.717) is 0 Å². The number of methoxy groups -OCH3 is 1. The van der Waals surface area contributed by atoms with Crippen LogP contribution in [0, 0.1) is 0 Å². The predicted octanol–water partition coefficient (Wildman–Crippen LogP) is 2.75. The van der Waals surface area contributed by atoms with Crippen molar-refractivity contribution in [3.63, 3.8) is 0 Å². The Labute approximate surface area is 209 Å². The highest BCUT2D eigenvalue weighted by Crippen LogP contribution is 2.38. The third-order valence-electron chi connectivity index (χ3n) is 5.48. The first-order valence-corrected chi connectivity index (χ1v) is 13.5. The van der Waals surface area contributed by atoms with Crippen LogP contribution in [0.25, 0.3) is 0 Å². The molecule has 2 aromatic rings. The van der Waals surface area contributed by atoms with E-state index in [4.69, 9.17) is 16.3 Å². The summed E-state index contributed by atoms with van der Waals surface area (Å²) in [5.74, 6) is -2.43. The van der Waals surface area contributed by atoms with Crippen molar-refractivity contribution in [3.8, 4) is 5.75 Å². The van der Waals surface area contributed by atoms with Gasteiger partial charge in [-0.25, -0.2) is 26.2 Å². The maximum atomic E-state index is 15.0. The van der Waals surface area contributed by atoms with Gasteiger partial charge in [0.05, 0.1) is 23.6 Å². The SMILES string of the molecule is COc1cc(S(=O)(=O)c2ccccn2)c(S(=O)(=O)N2CCC(F)(CNC(=O)C(F)(F)F)CC2)cc1Cl. The molecule has 1 aromatic carbocycles. The molecule has 0 bridgehead atoms. The first-order chi connectivity index (χ1) is 16.6. The number of amides is 1. The fourth-order valence-electron chi connectivity index (χ4n) is 3.49. The number of nitrogens with zero attached hydrogens (tertiary/aromatic N) is 2. The molecular formula is C20H20ClF4N3O6S2. The summed E-state index contributed by atoms with van der Waals surface area (Å²) < 4.78 is 111. The van der Waals surface area contributed by atoms with Crippen LogP contribution in [0.2, 0.25) is 5.02 Å². The van der Waals surface area contributed by atoms with Gasteiger partial charge in [0, 0.05) is 25.4 Å². The average molecular weight is 574 g/mol. The maximum absolute atomic E-state index is 15.0. The van der Waals surface area contributed by atoms with Crippen LogP contribution in [-0.4, -0.2) is 70.6 Å². The summed E-state index contributed by atoms with van der Waals surface area (Å²) in [6.07, 6.45) is -5.08. The van der Waals surface area contributed by atoms with Crippen molar-refractivity contribution in [2.45, 2.75) is 39.5 Å². The zero-order valence-corrected chi connectivity index (χ0v) is 20.9. The lowest BCUT2D eigenvalue weighted by Gasteiger charge is -2.36. The molecule has 2 heterocycles. The van der Waals surface area contributed by atoms with E-state index in [2.05, 4.69) is 4.98 Å². The lowest BCUT2D eigenvalue weighted by Crippen LogP contribution is -2.51. The van der Waals surface area contributed by atoms with E-state index in [-0.39, 0.29) is 10.8 Å². The third kappa shape index (κ3) is 5.74. The monoisotopic (exact) mass is 573 g/mol. The summed E-state index contributed by atoms with van der Waals surface area (Å²) in [5, 5.41) is 0.818. The molecule has 0 aliphatic carbocycles. The number of pyridine rings is 1. The number of sulfone groups is 1. The number of piperidine rings is 1. The zero-order valence-electron chi connectivity index (χ0n) is 18.5. The number of nitrogens with one attached hydrogen (secondary N) is 1. The second kappa shape index (κ2) is 10.1. The van der Waals surface area contributed by atoms with Crippen LogP contribution in [0.15, 0.2) is 51.3 Å². The highest BCUT2D eigenvalue weighted by atomic mass is 35.5. The second-order valence-corrected chi connectivity index (χ2v) is 12.0. The summed E-state index contributed by atoms with van der Waals surface area (Å²) >= 11 is 6.09. The highest BCUT2D eigenvalue weighted by Gasteiger charge is 2.44. The fourth-order valence-corrected chi connectivity index (χ4v) is 7.23. The first-order valence-electron chi connectivity index (χ1n) is 10.2. The van der Waals surface area contributed by atoms with Crippen LogP contribution in [-0.2, 0) is 24.7 Å². The normalized spacial score (nSPS) is 16.9. The molecule has 0 spiro atoms. The molecule has 36 heavy (non-hydrogen) atoms. The van der Waals surface area contributed by atoms with Crippen molar-refractivity contribution >= 4 is 37.4 Å². The third-order valence-corrected chi connectivity index (χ3v) is 9.55. The van der Waals surface area contributed by atoms with E-state index in [9.17, 15) is 39.2 Å².